The quantitative estimate of drug-likeness (QED) is 0.827. The van der Waals surface area contributed by atoms with Crippen molar-refractivity contribution in [2.75, 3.05) is 13.6 Å². The van der Waals surface area contributed by atoms with E-state index in [-0.39, 0.29) is 29.7 Å². The predicted octanol–water partition coefficient (Wildman–Crippen LogP) is 1.51. The van der Waals surface area contributed by atoms with Gasteiger partial charge in [-0.3, -0.25) is 14.5 Å². The average Bonchev–Trinajstić information content (AvgIpc) is 3.24. The van der Waals surface area contributed by atoms with E-state index in [9.17, 15) is 9.59 Å². The average molecular weight is 272 g/mol. The number of likely N-dealkylation sites (tertiary alicyclic amines) is 1. The van der Waals surface area contributed by atoms with Gasteiger partial charge in [0.2, 0.25) is 11.8 Å². The third kappa shape index (κ3) is 2.14. The fraction of sp³-hybridized carbons (Fsp3) is 0.500. The van der Waals surface area contributed by atoms with E-state index in [1.807, 2.05) is 7.05 Å². The molecule has 1 heterocycles. The summed E-state index contributed by atoms with van der Waals surface area (Å²) in [7, 11) is 1.87. The van der Waals surface area contributed by atoms with Crippen LogP contribution >= 0.6 is 0 Å². The van der Waals surface area contributed by atoms with Crippen molar-refractivity contribution in [1.29, 1.82) is 0 Å². The third-order valence-electron chi connectivity index (χ3n) is 4.46. The van der Waals surface area contributed by atoms with Crippen molar-refractivity contribution in [3.63, 3.8) is 0 Å². The molecule has 20 heavy (non-hydrogen) atoms. The predicted molar refractivity (Wildman–Crippen MR) is 75.9 cm³/mol. The summed E-state index contributed by atoms with van der Waals surface area (Å²) in [5.41, 5.74) is 2.41. The van der Waals surface area contributed by atoms with Crippen LogP contribution in [0.3, 0.4) is 0 Å². The summed E-state index contributed by atoms with van der Waals surface area (Å²) < 4.78 is 0. The number of carbonyl (C=O) groups is 2. The van der Waals surface area contributed by atoms with Gasteiger partial charge in [-0.2, -0.15) is 0 Å². The Morgan fingerprint density at radius 2 is 1.80 bits per heavy atom. The second-order valence-corrected chi connectivity index (χ2v) is 5.67. The summed E-state index contributed by atoms with van der Waals surface area (Å²) in [4.78, 5) is 25.5. The van der Waals surface area contributed by atoms with Gasteiger partial charge in [-0.05, 0) is 31.0 Å². The number of nitrogens with zero attached hydrogens (tertiary/aromatic N) is 1. The minimum Gasteiger partial charge on any atom is -0.312 e. The highest BCUT2D eigenvalue weighted by Crippen LogP contribution is 2.47. The number of aryl methyl sites for hydroxylation is 1. The lowest BCUT2D eigenvalue weighted by atomic mass is 10.0. The molecule has 0 radical (unpaired) electrons. The van der Waals surface area contributed by atoms with E-state index >= 15 is 0 Å². The molecule has 4 heteroatoms. The van der Waals surface area contributed by atoms with Crippen LogP contribution in [0, 0.1) is 11.8 Å². The van der Waals surface area contributed by atoms with Gasteiger partial charge in [0.25, 0.3) is 0 Å². The smallest absolute Gasteiger partial charge is 0.233 e. The largest absolute Gasteiger partial charge is 0.312 e. The van der Waals surface area contributed by atoms with Gasteiger partial charge in [-0.25, -0.2) is 0 Å². The van der Waals surface area contributed by atoms with E-state index in [2.05, 4.69) is 36.5 Å². The van der Waals surface area contributed by atoms with Crippen molar-refractivity contribution < 1.29 is 9.59 Å². The Bertz CT molecular complexity index is 518. The summed E-state index contributed by atoms with van der Waals surface area (Å²) in [5.74, 6) is 0.0146. The monoisotopic (exact) mass is 272 g/mol. The van der Waals surface area contributed by atoms with Crippen LogP contribution in [0.5, 0.6) is 0 Å². The molecule has 0 aromatic heterocycles. The fourth-order valence-electron chi connectivity index (χ4n) is 2.96. The van der Waals surface area contributed by atoms with Crippen molar-refractivity contribution in [2.45, 2.75) is 25.8 Å². The number of rotatable bonds is 5. The molecule has 2 fully saturated rings. The molecular formula is C16H20N2O2. The Hall–Kier alpha value is -1.68. The number of imide groups is 1. The number of likely N-dealkylation sites (N-methyl/N-ethyl adjacent to an activating group) is 1. The molecule has 2 aliphatic rings. The molecule has 1 aliphatic heterocycles. The number of piperidine rings is 1. The third-order valence-corrected chi connectivity index (χ3v) is 4.46. The molecule has 1 aromatic rings. The number of hydrogen-bond donors (Lipinski definition) is 1. The maximum atomic E-state index is 12.0. The highest BCUT2D eigenvalue weighted by atomic mass is 16.2. The molecule has 1 N–H and O–H groups in total. The van der Waals surface area contributed by atoms with Gasteiger partial charge in [0.05, 0.1) is 17.9 Å². The van der Waals surface area contributed by atoms with Crippen molar-refractivity contribution in [3.8, 4) is 0 Å². The summed E-state index contributed by atoms with van der Waals surface area (Å²) >= 11 is 0. The molecule has 4 nitrogen and oxygen atoms in total. The van der Waals surface area contributed by atoms with Crippen LogP contribution in [0.15, 0.2) is 24.3 Å². The number of carbonyl (C=O) groups excluding carboxylic acids is 2. The van der Waals surface area contributed by atoms with Gasteiger partial charge in [0, 0.05) is 6.54 Å². The lowest BCUT2D eigenvalue weighted by Crippen LogP contribution is -2.39. The number of benzene rings is 1. The standard InChI is InChI=1S/C16H20N2O2/c1-3-10-4-6-11(7-5-10)14(17-2)9-18-15(19)12-8-13(12)16(18)20/h4-7,12-14,17H,3,8-9H2,1-2H3. The molecule has 106 valence electrons. The highest BCUT2D eigenvalue weighted by Gasteiger charge is 2.58. The van der Waals surface area contributed by atoms with Gasteiger partial charge in [0.1, 0.15) is 0 Å². The van der Waals surface area contributed by atoms with Crippen molar-refractivity contribution >= 4 is 11.8 Å². The van der Waals surface area contributed by atoms with E-state index in [0.717, 1.165) is 18.4 Å². The molecular weight excluding hydrogens is 252 g/mol. The van der Waals surface area contributed by atoms with Crippen molar-refractivity contribution in [1.82, 2.24) is 10.2 Å². The summed E-state index contributed by atoms with van der Waals surface area (Å²) in [6, 6.07) is 8.36. The van der Waals surface area contributed by atoms with Crippen LogP contribution in [0.25, 0.3) is 0 Å². The van der Waals surface area contributed by atoms with E-state index in [0.29, 0.717) is 6.54 Å². The van der Waals surface area contributed by atoms with Crippen LogP contribution in [0.2, 0.25) is 0 Å². The topological polar surface area (TPSA) is 49.4 Å². The fourth-order valence-corrected chi connectivity index (χ4v) is 2.96. The second kappa shape index (κ2) is 5.02. The zero-order valence-corrected chi connectivity index (χ0v) is 11.9. The molecule has 1 saturated heterocycles. The first-order valence-electron chi connectivity index (χ1n) is 7.27. The summed E-state index contributed by atoms with van der Waals surface area (Å²) in [5, 5.41) is 3.21. The lowest BCUT2D eigenvalue weighted by Gasteiger charge is -2.24. The van der Waals surface area contributed by atoms with Gasteiger partial charge in [-0.1, -0.05) is 31.2 Å². The van der Waals surface area contributed by atoms with Gasteiger partial charge in [0.15, 0.2) is 0 Å². The number of nitrogens with one attached hydrogen (secondary N) is 1. The molecule has 1 aromatic carbocycles. The Balaban J connectivity index is 1.73. The molecule has 3 unspecified atom stereocenters. The molecule has 1 saturated carbocycles. The number of fused-ring (bicyclic) bond motifs is 1. The minimum absolute atomic E-state index is 0.00584. The molecule has 2 amide bonds. The minimum atomic E-state index is -0.0116. The van der Waals surface area contributed by atoms with Gasteiger partial charge in [-0.15, -0.1) is 0 Å². The maximum Gasteiger partial charge on any atom is 0.233 e. The Morgan fingerprint density at radius 1 is 1.20 bits per heavy atom. The Labute approximate surface area is 119 Å². The second-order valence-electron chi connectivity index (χ2n) is 5.67. The van der Waals surface area contributed by atoms with Gasteiger partial charge < -0.3 is 5.32 Å². The first-order chi connectivity index (χ1) is 9.65. The zero-order chi connectivity index (χ0) is 14.3. The molecule has 3 rings (SSSR count). The van der Waals surface area contributed by atoms with E-state index in [1.165, 1.54) is 10.5 Å². The van der Waals surface area contributed by atoms with Crippen LogP contribution in [-0.2, 0) is 16.0 Å². The normalized spacial score (nSPS) is 25.8. The van der Waals surface area contributed by atoms with Crippen molar-refractivity contribution in [3.05, 3.63) is 35.4 Å². The highest BCUT2D eigenvalue weighted by molar-refractivity contribution is 6.08. The van der Waals surface area contributed by atoms with E-state index in [4.69, 9.17) is 0 Å². The SMILES string of the molecule is CCc1ccc(C(CN2C(=O)C3CC3C2=O)NC)cc1. The molecule has 1 aliphatic carbocycles. The van der Waals surface area contributed by atoms with Crippen LogP contribution in [0.4, 0.5) is 0 Å². The number of amides is 2. The summed E-state index contributed by atoms with van der Waals surface area (Å²) in [6.45, 7) is 2.56. The van der Waals surface area contributed by atoms with Crippen LogP contribution in [0.1, 0.15) is 30.5 Å². The summed E-state index contributed by atoms with van der Waals surface area (Å²) in [6.07, 6.45) is 1.78. The van der Waals surface area contributed by atoms with Crippen molar-refractivity contribution in [2.24, 2.45) is 11.8 Å². The molecule has 0 bridgehead atoms. The zero-order valence-electron chi connectivity index (χ0n) is 11.9. The maximum absolute atomic E-state index is 12.0. The van der Waals surface area contributed by atoms with Crippen LogP contribution in [-0.4, -0.2) is 30.3 Å². The Morgan fingerprint density at radius 3 is 2.30 bits per heavy atom. The van der Waals surface area contributed by atoms with Crippen LogP contribution < -0.4 is 5.32 Å². The number of hydrogen-bond acceptors (Lipinski definition) is 3. The molecule has 3 atom stereocenters. The first kappa shape index (κ1) is 13.3. The van der Waals surface area contributed by atoms with E-state index < -0.39 is 0 Å². The molecule has 0 spiro atoms. The van der Waals surface area contributed by atoms with Gasteiger partial charge >= 0.3 is 0 Å². The lowest BCUT2D eigenvalue weighted by molar-refractivity contribution is -0.141. The Kier molecular flexibility index (Phi) is 3.34. The van der Waals surface area contributed by atoms with E-state index in [1.54, 1.807) is 0 Å². The first-order valence-corrected chi connectivity index (χ1v) is 7.27.